The summed E-state index contributed by atoms with van der Waals surface area (Å²) in [6.07, 6.45) is 7.03. The molecule has 1 fully saturated rings. The first kappa shape index (κ1) is 16.4. The van der Waals surface area contributed by atoms with Crippen LogP contribution in [0.4, 0.5) is 5.82 Å². The van der Waals surface area contributed by atoms with Gasteiger partial charge in [0.25, 0.3) is 0 Å². The van der Waals surface area contributed by atoms with Gasteiger partial charge in [0.2, 0.25) is 5.91 Å². The minimum absolute atomic E-state index is 0.0144. The Morgan fingerprint density at radius 1 is 1.32 bits per heavy atom. The maximum Gasteiger partial charge on any atom is 0.217 e. The highest BCUT2D eigenvalue weighted by Gasteiger charge is 2.43. The SMILES string of the molecule is CC(=O)NC1(c2nc(C)cs2)CCN(c2ncnc3c2CCCC3)C1. The van der Waals surface area contributed by atoms with Gasteiger partial charge in [-0.2, -0.15) is 0 Å². The van der Waals surface area contributed by atoms with E-state index in [0.717, 1.165) is 42.3 Å². The molecule has 0 bridgehead atoms. The summed E-state index contributed by atoms with van der Waals surface area (Å²) >= 11 is 1.63. The summed E-state index contributed by atoms with van der Waals surface area (Å²) in [5.41, 5.74) is 3.07. The molecule has 1 aliphatic heterocycles. The molecule has 2 aliphatic rings. The van der Waals surface area contributed by atoms with Gasteiger partial charge in [0, 0.05) is 42.3 Å². The van der Waals surface area contributed by atoms with Gasteiger partial charge in [-0.3, -0.25) is 4.79 Å². The Morgan fingerprint density at radius 3 is 2.92 bits per heavy atom. The average molecular weight is 357 g/mol. The van der Waals surface area contributed by atoms with E-state index in [-0.39, 0.29) is 5.91 Å². The Morgan fingerprint density at radius 2 is 2.16 bits per heavy atom. The molecule has 0 spiro atoms. The van der Waals surface area contributed by atoms with E-state index in [9.17, 15) is 4.79 Å². The zero-order valence-electron chi connectivity index (χ0n) is 14.7. The Labute approximate surface area is 151 Å². The molecule has 3 heterocycles. The molecule has 0 aromatic carbocycles. The number of hydrogen-bond donors (Lipinski definition) is 1. The van der Waals surface area contributed by atoms with Crippen molar-refractivity contribution in [2.45, 2.75) is 51.5 Å². The van der Waals surface area contributed by atoms with Gasteiger partial charge < -0.3 is 10.2 Å². The van der Waals surface area contributed by atoms with Gasteiger partial charge in [-0.1, -0.05) is 0 Å². The van der Waals surface area contributed by atoms with Crippen LogP contribution in [-0.4, -0.2) is 33.9 Å². The fourth-order valence-corrected chi connectivity index (χ4v) is 4.98. The van der Waals surface area contributed by atoms with Gasteiger partial charge in [0.05, 0.1) is 0 Å². The number of carbonyl (C=O) groups is 1. The fraction of sp³-hybridized carbons (Fsp3) is 0.556. The van der Waals surface area contributed by atoms with Crippen molar-refractivity contribution in [2.75, 3.05) is 18.0 Å². The predicted molar refractivity (Wildman–Crippen MR) is 97.8 cm³/mol. The number of aryl methyl sites for hydroxylation is 2. The normalized spacial score (nSPS) is 22.7. The lowest BCUT2D eigenvalue weighted by Gasteiger charge is -2.29. The van der Waals surface area contributed by atoms with E-state index in [1.165, 1.54) is 24.1 Å². The molecule has 6 nitrogen and oxygen atoms in total. The first-order valence-electron chi connectivity index (χ1n) is 8.86. The highest BCUT2D eigenvalue weighted by Crippen LogP contribution is 2.38. The number of aromatic nitrogens is 3. The lowest BCUT2D eigenvalue weighted by molar-refractivity contribution is -0.120. The Balaban J connectivity index is 1.68. The minimum Gasteiger partial charge on any atom is -0.353 e. The molecule has 132 valence electrons. The predicted octanol–water partition coefficient (Wildman–Crippen LogP) is 2.36. The van der Waals surface area contributed by atoms with Crippen molar-refractivity contribution in [3.8, 4) is 0 Å². The average Bonchev–Trinajstić information content (AvgIpc) is 3.21. The zero-order valence-corrected chi connectivity index (χ0v) is 15.5. The van der Waals surface area contributed by atoms with Crippen LogP contribution in [0.15, 0.2) is 11.7 Å². The Bertz CT molecular complexity index is 805. The van der Waals surface area contributed by atoms with Crippen molar-refractivity contribution >= 4 is 23.1 Å². The van der Waals surface area contributed by atoms with E-state index in [1.807, 2.05) is 12.3 Å². The number of rotatable bonds is 3. The highest BCUT2D eigenvalue weighted by molar-refractivity contribution is 7.09. The van der Waals surface area contributed by atoms with Crippen molar-refractivity contribution in [2.24, 2.45) is 0 Å². The van der Waals surface area contributed by atoms with Gasteiger partial charge in [-0.05, 0) is 39.0 Å². The van der Waals surface area contributed by atoms with Gasteiger partial charge in [-0.25, -0.2) is 15.0 Å². The maximum absolute atomic E-state index is 11.9. The second-order valence-electron chi connectivity index (χ2n) is 7.06. The van der Waals surface area contributed by atoms with Crippen molar-refractivity contribution in [3.63, 3.8) is 0 Å². The van der Waals surface area contributed by atoms with Crippen LogP contribution in [0.3, 0.4) is 0 Å². The first-order chi connectivity index (χ1) is 12.1. The summed E-state index contributed by atoms with van der Waals surface area (Å²) in [6, 6.07) is 0. The monoisotopic (exact) mass is 357 g/mol. The number of anilines is 1. The summed E-state index contributed by atoms with van der Waals surface area (Å²) in [5, 5.41) is 6.23. The molecule has 0 radical (unpaired) electrons. The second-order valence-corrected chi connectivity index (χ2v) is 7.92. The van der Waals surface area contributed by atoms with Crippen molar-refractivity contribution < 1.29 is 4.79 Å². The fourth-order valence-electron chi connectivity index (χ4n) is 4.01. The largest absolute Gasteiger partial charge is 0.353 e. The van der Waals surface area contributed by atoms with E-state index >= 15 is 0 Å². The number of nitrogens with zero attached hydrogens (tertiary/aromatic N) is 4. The molecule has 2 aromatic rings. The Hall–Kier alpha value is -2.02. The molecule has 25 heavy (non-hydrogen) atoms. The minimum atomic E-state index is -0.419. The summed E-state index contributed by atoms with van der Waals surface area (Å²) in [5.74, 6) is 1.03. The van der Waals surface area contributed by atoms with Gasteiger partial charge in [0.1, 0.15) is 22.7 Å². The number of hydrogen-bond acceptors (Lipinski definition) is 6. The van der Waals surface area contributed by atoms with E-state index in [0.29, 0.717) is 6.54 Å². The standard InChI is InChI=1S/C18H23N5OS/c1-12-9-25-17(21-12)18(22-13(2)24)7-8-23(10-18)16-14-5-3-4-6-15(14)19-11-20-16/h9,11H,3-8,10H2,1-2H3,(H,22,24). The van der Waals surface area contributed by atoms with E-state index in [2.05, 4.69) is 25.2 Å². The van der Waals surface area contributed by atoms with Crippen LogP contribution >= 0.6 is 11.3 Å². The quantitative estimate of drug-likeness (QED) is 0.913. The van der Waals surface area contributed by atoms with E-state index in [4.69, 9.17) is 0 Å². The number of nitrogens with one attached hydrogen (secondary N) is 1. The molecule has 1 amide bonds. The molecule has 1 N–H and O–H groups in total. The number of fused-ring (bicyclic) bond motifs is 1. The van der Waals surface area contributed by atoms with E-state index in [1.54, 1.807) is 24.6 Å². The van der Waals surface area contributed by atoms with Crippen molar-refractivity contribution in [1.29, 1.82) is 0 Å². The molecule has 7 heteroatoms. The summed E-state index contributed by atoms with van der Waals surface area (Å²) in [7, 11) is 0. The molecule has 4 rings (SSSR count). The van der Waals surface area contributed by atoms with Crippen molar-refractivity contribution in [3.05, 3.63) is 33.7 Å². The number of amides is 1. The second kappa shape index (κ2) is 6.37. The highest BCUT2D eigenvalue weighted by atomic mass is 32.1. The van der Waals surface area contributed by atoms with Gasteiger partial charge in [-0.15, -0.1) is 11.3 Å². The van der Waals surface area contributed by atoms with Crippen LogP contribution in [0.2, 0.25) is 0 Å². The van der Waals surface area contributed by atoms with Crippen LogP contribution in [0.25, 0.3) is 0 Å². The molecule has 1 aliphatic carbocycles. The number of carbonyl (C=O) groups excluding carboxylic acids is 1. The molecule has 0 saturated carbocycles. The van der Waals surface area contributed by atoms with Crippen LogP contribution in [0.1, 0.15) is 48.1 Å². The van der Waals surface area contributed by atoms with E-state index < -0.39 is 5.54 Å². The molecule has 1 unspecified atom stereocenters. The number of thiazole rings is 1. The van der Waals surface area contributed by atoms with Crippen molar-refractivity contribution in [1.82, 2.24) is 20.3 Å². The first-order valence-corrected chi connectivity index (χ1v) is 9.74. The molecular formula is C18H23N5OS. The van der Waals surface area contributed by atoms with Crippen LogP contribution in [-0.2, 0) is 23.2 Å². The van der Waals surface area contributed by atoms with Gasteiger partial charge >= 0.3 is 0 Å². The topological polar surface area (TPSA) is 71.0 Å². The molecule has 1 atom stereocenters. The third kappa shape index (κ3) is 3.01. The van der Waals surface area contributed by atoms with Crippen LogP contribution in [0, 0.1) is 6.92 Å². The van der Waals surface area contributed by atoms with Crippen LogP contribution < -0.4 is 10.2 Å². The summed E-state index contributed by atoms with van der Waals surface area (Å²) in [4.78, 5) is 27.9. The lowest BCUT2D eigenvalue weighted by Crippen LogP contribution is -2.47. The van der Waals surface area contributed by atoms with Crippen LogP contribution in [0.5, 0.6) is 0 Å². The molecule has 1 saturated heterocycles. The smallest absolute Gasteiger partial charge is 0.217 e. The zero-order chi connectivity index (χ0) is 17.4. The Kier molecular flexibility index (Phi) is 4.19. The third-order valence-corrected chi connectivity index (χ3v) is 6.28. The summed E-state index contributed by atoms with van der Waals surface area (Å²) < 4.78 is 0. The maximum atomic E-state index is 11.9. The third-order valence-electron chi connectivity index (χ3n) is 5.11. The lowest BCUT2D eigenvalue weighted by atomic mass is 9.96. The molecular weight excluding hydrogens is 334 g/mol. The van der Waals surface area contributed by atoms with Gasteiger partial charge in [0.15, 0.2) is 0 Å². The molecule has 2 aromatic heterocycles. The summed E-state index contributed by atoms with van der Waals surface area (Å²) in [6.45, 7) is 5.15.